The molecule has 1 aliphatic carbocycles. The van der Waals surface area contributed by atoms with E-state index >= 15 is 0 Å². The molecule has 0 saturated heterocycles. The van der Waals surface area contributed by atoms with Gasteiger partial charge in [0.2, 0.25) is 0 Å². The molecule has 0 unspecified atom stereocenters. The molecule has 1 rings (SSSR count). The SMILES string of the molecule is CC(C)[C@@H]1CC[C@@](C)(O)[C@H](O)C1. The lowest BCUT2D eigenvalue weighted by molar-refractivity contribution is -0.103. The van der Waals surface area contributed by atoms with Crippen LogP contribution in [-0.4, -0.2) is 21.9 Å². The summed E-state index contributed by atoms with van der Waals surface area (Å²) >= 11 is 0. The van der Waals surface area contributed by atoms with Crippen molar-refractivity contribution in [3.8, 4) is 0 Å². The van der Waals surface area contributed by atoms with E-state index in [-0.39, 0.29) is 0 Å². The summed E-state index contributed by atoms with van der Waals surface area (Å²) in [7, 11) is 0. The van der Waals surface area contributed by atoms with Gasteiger partial charge in [-0.2, -0.15) is 0 Å². The molecule has 0 aromatic carbocycles. The van der Waals surface area contributed by atoms with Crippen LogP contribution in [0.4, 0.5) is 0 Å². The maximum atomic E-state index is 9.69. The second kappa shape index (κ2) is 3.35. The number of hydrogen-bond acceptors (Lipinski definition) is 2. The van der Waals surface area contributed by atoms with Crippen LogP contribution < -0.4 is 0 Å². The van der Waals surface area contributed by atoms with Gasteiger partial charge in [-0.05, 0) is 38.0 Å². The molecule has 1 saturated carbocycles. The Kier molecular flexibility index (Phi) is 2.79. The standard InChI is InChI=1S/C10H20O2/c1-7(2)8-4-5-10(3,12)9(11)6-8/h7-9,11-12H,4-6H2,1-3H3/t8-,9-,10-/m1/s1. The zero-order valence-corrected chi connectivity index (χ0v) is 8.25. The van der Waals surface area contributed by atoms with Crippen molar-refractivity contribution in [2.75, 3.05) is 0 Å². The summed E-state index contributed by atoms with van der Waals surface area (Å²) in [6, 6.07) is 0. The molecule has 0 spiro atoms. The molecule has 0 aromatic heterocycles. The van der Waals surface area contributed by atoms with Gasteiger partial charge in [-0.15, -0.1) is 0 Å². The molecular weight excluding hydrogens is 152 g/mol. The van der Waals surface area contributed by atoms with Crippen LogP contribution in [0.3, 0.4) is 0 Å². The van der Waals surface area contributed by atoms with Gasteiger partial charge in [-0.3, -0.25) is 0 Å². The fourth-order valence-electron chi connectivity index (χ4n) is 1.91. The first-order valence-corrected chi connectivity index (χ1v) is 4.84. The molecule has 0 bridgehead atoms. The van der Waals surface area contributed by atoms with Crippen LogP contribution in [0.1, 0.15) is 40.0 Å². The molecule has 0 heterocycles. The molecule has 0 amide bonds. The highest BCUT2D eigenvalue weighted by Crippen LogP contribution is 2.35. The van der Waals surface area contributed by atoms with Crippen molar-refractivity contribution >= 4 is 0 Å². The highest BCUT2D eigenvalue weighted by atomic mass is 16.3. The first-order valence-electron chi connectivity index (χ1n) is 4.84. The summed E-state index contributed by atoms with van der Waals surface area (Å²) < 4.78 is 0. The third kappa shape index (κ3) is 1.99. The van der Waals surface area contributed by atoms with Gasteiger partial charge in [-0.1, -0.05) is 13.8 Å². The van der Waals surface area contributed by atoms with Crippen molar-refractivity contribution in [3.05, 3.63) is 0 Å². The van der Waals surface area contributed by atoms with Crippen molar-refractivity contribution in [2.45, 2.75) is 51.7 Å². The number of aliphatic hydroxyl groups excluding tert-OH is 1. The summed E-state index contributed by atoms with van der Waals surface area (Å²) in [5.74, 6) is 1.20. The minimum atomic E-state index is -0.842. The van der Waals surface area contributed by atoms with Crippen molar-refractivity contribution in [2.24, 2.45) is 11.8 Å². The zero-order valence-electron chi connectivity index (χ0n) is 8.25. The van der Waals surface area contributed by atoms with Crippen molar-refractivity contribution in [3.63, 3.8) is 0 Å². The van der Waals surface area contributed by atoms with Crippen LogP contribution in [0.15, 0.2) is 0 Å². The fourth-order valence-corrected chi connectivity index (χ4v) is 1.91. The van der Waals surface area contributed by atoms with Crippen molar-refractivity contribution in [1.82, 2.24) is 0 Å². The third-order valence-electron chi connectivity index (χ3n) is 3.21. The molecule has 12 heavy (non-hydrogen) atoms. The second-order valence-corrected chi connectivity index (χ2v) is 4.65. The normalized spacial score (nSPS) is 43.5. The van der Waals surface area contributed by atoms with E-state index in [0.29, 0.717) is 11.8 Å². The fraction of sp³-hybridized carbons (Fsp3) is 1.00. The van der Waals surface area contributed by atoms with Crippen LogP contribution in [0.2, 0.25) is 0 Å². The van der Waals surface area contributed by atoms with Gasteiger partial charge >= 0.3 is 0 Å². The maximum Gasteiger partial charge on any atom is 0.0877 e. The molecule has 0 aliphatic heterocycles. The van der Waals surface area contributed by atoms with Gasteiger partial charge in [0.15, 0.2) is 0 Å². The van der Waals surface area contributed by atoms with E-state index in [0.717, 1.165) is 19.3 Å². The predicted molar refractivity (Wildman–Crippen MR) is 48.8 cm³/mol. The van der Waals surface area contributed by atoms with E-state index in [4.69, 9.17) is 0 Å². The molecule has 2 heteroatoms. The van der Waals surface area contributed by atoms with E-state index in [2.05, 4.69) is 13.8 Å². The van der Waals surface area contributed by atoms with Crippen molar-refractivity contribution in [1.29, 1.82) is 0 Å². The Morgan fingerprint density at radius 2 is 2.00 bits per heavy atom. The zero-order chi connectivity index (χ0) is 9.35. The molecule has 2 nitrogen and oxygen atoms in total. The Bertz CT molecular complexity index is 152. The van der Waals surface area contributed by atoms with E-state index in [1.807, 2.05) is 0 Å². The topological polar surface area (TPSA) is 40.5 Å². The maximum absolute atomic E-state index is 9.69. The minimum absolute atomic E-state index is 0.529. The molecule has 72 valence electrons. The average Bonchev–Trinajstić information content (AvgIpc) is 1.94. The second-order valence-electron chi connectivity index (χ2n) is 4.65. The predicted octanol–water partition coefficient (Wildman–Crippen LogP) is 1.55. The Labute approximate surface area is 74.6 Å². The van der Waals surface area contributed by atoms with Crippen LogP contribution in [0.25, 0.3) is 0 Å². The van der Waals surface area contributed by atoms with Crippen LogP contribution >= 0.6 is 0 Å². The van der Waals surface area contributed by atoms with Gasteiger partial charge in [0.25, 0.3) is 0 Å². The molecule has 2 N–H and O–H groups in total. The van der Waals surface area contributed by atoms with Gasteiger partial charge in [0.05, 0.1) is 11.7 Å². The summed E-state index contributed by atoms with van der Waals surface area (Å²) in [6.45, 7) is 6.09. The number of aliphatic hydroxyl groups is 2. The largest absolute Gasteiger partial charge is 0.390 e. The quantitative estimate of drug-likeness (QED) is 0.630. The van der Waals surface area contributed by atoms with Crippen LogP contribution in [0.5, 0.6) is 0 Å². The molecule has 0 radical (unpaired) electrons. The van der Waals surface area contributed by atoms with E-state index in [9.17, 15) is 10.2 Å². The summed E-state index contributed by atoms with van der Waals surface area (Å²) in [6.07, 6.45) is 2.00. The van der Waals surface area contributed by atoms with Gasteiger partial charge in [-0.25, -0.2) is 0 Å². The lowest BCUT2D eigenvalue weighted by Gasteiger charge is -2.39. The summed E-state index contributed by atoms with van der Waals surface area (Å²) in [5, 5.41) is 19.3. The Balaban J connectivity index is 2.52. The summed E-state index contributed by atoms with van der Waals surface area (Å²) in [4.78, 5) is 0. The summed E-state index contributed by atoms with van der Waals surface area (Å²) in [5.41, 5.74) is -0.842. The van der Waals surface area contributed by atoms with E-state index < -0.39 is 11.7 Å². The number of hydrogen-bond donors (Lipinski definition) is 2. The van der Waals surface area contributed by atoms with Crippen molar-refractivity contribution < 1.29 is 10.2 Å². The molecule has 1 fully saturated rings. The highest BCUT2D eigenvalue weighted by molar-refractivity contribution is 4.89. The van der Waals surface area contributed by atoms with E-state index in [1.165, 1.54) is 0 Å². The molecule has 0 aromatic rings. The minimum Gasteiger partial charge on any atom is -0.390 e. The van der Waals surface area contributed by atoms with Gasteiger partial charge in [0.1, 0.15) is 0 Å². The Morgan fingerprint density at radius 3 is 2.42 bits per heavy atom. The third-order valence-corrected chi connectivity index (χ3v) is 3.21. The smallest absolute Gasteiger partial charge is 0.0877 e. The average molecular weight is 172 g/mol. The van der Waals surface area contributed by atoms with E-state index in [1.54, 1.807) is 6.92 Å². The van der Waals surface area contributed by atoms with Crippen LogP contribution in [-0.2, 0) is 0 Å². The Morgan fingerprint density at radius 1 is 1.42 bits per heavy atom. The molecular formula is C10H20O2. The Hall–Kier alpha value is -0.0800. The van der Waals surface area contributed by atoms with Crippen LogP contribution in [0, 0.1) is 11.8 Å². The first-order chi connectivity index (χ1) is 5.43. The van der Waals surface area contributed by atoms with Gasteiger partial charge < -0.3 is 10.2 Å². The highest BCUT2D eigenvalue weighted by Gasteiger charge is 2.37. The first kappa shape index (κ1) is 10.0. The monoisotopic (exact) mass is 172 g/mol. The number of rotatable bonds is 1. The molecule has 1 aliphatic rings. The van der Waals surface area contributed by atoms with Gasteiger partial charge in [0, 0.05) is 0 Å². The molecule has 3 atom stereocenters. The lowest BCUT2D eigenvalue weighted by atomic mass is 9.73. The lowest BCUT2D eigenvalue weighted by Crippen LogP contribution is -2.45.